The van der Waals surface area contributed by atoms with Gasteiger partial charge in [-0.05, 0) is 37.1 Å². The second kappa shape index (κ2) is 10.6. The van der Waals surface area contributed by atoms with Crippen LogP contribution in [0.5, 0.6) is 5.75 Å². The summed E-state index contributed by atoms with van der Waals surface area (Å²) >= 11 is 12.2. The molecule has 0 N–H and O–H groups in total. The van der Waals surface area contributed by atoms with Crippen LogP contribution in [0.3, 0.4) is 0 Å². The summed E-state index contributed by atoms with van der Waals surface area (Å²) < 4.78 is 11.3. The fourth-order valence-electron chi connectivity index (χ4n) is 4.11. The SMILES string of the molecule is O=C(c1ccccc1OCc1ccc(Cl)cc1Cl)N1CCC(C(=O)N2CCOCC2)CC1. The van der Waals surface area contributed by atoms with Crippen molar-refractivity contribution in [1.82, 2.24) is 9.80 Å². The molecule has 2 amide bonds. The summed E-state index contributed by atoms with van der Waals surface area (Å²) in [5.41, 5.74) is 1.30. The number of likely N-dealkylation sites (tertiary alicyclic amines) is 1. The molecule has 0 saturated carbocycles. The molecule has 2 fully saturated rings. The van der Waals surface area contributed by atoms with Crippen LogP contribution in [0.4, 0.5) is 0 Å². The highest BCUT2D eigenvalue weighted by molar-refractivity contribution is 6.35. The molecule has 4 rings (SSSR count). The van der Waals surface area contributed by atoms with Crippen molar-refractivity contribution in [2.75, 3.05) is 39.4 Å². The second-order valence-corrected chi connectivity index (χ2v) is 8.87. The number of benzene rings is 2. The Kier molecular flexibility index (Phi) is 7.55. The molecule has 0 atom stereocenters. The van der Waals surface area contributed by atoms with Crippen LogP contribution in [0.25, 0.3) is 0 Å². The number of halogens is 2. The van der Waals surface area contributed by atoms with Gasteiger partial charge in [-0.2, -0.15) is 0 Å². The van der Waals surface area contributed by atoms with E-state index in [1.165, 1.54) is 0 Å². The maximum absolute atomic E-state index is 13.2. The number of para-hydroxylation sites is 1. The smallest absolute Gasteiger partial charge is 0.257 e. The van der Waals surface area contributed by atoms with E-state index in [-0.39, 0.29) is 24.3 Å². The van der Waals surface area contributed by atoms with Gasteiger partial charge >= 0.3 is 0 Å². The zero-order valence-corrected chi connectivity index (χ0v) is 19.3. The van der Waals surface area contributed by atoms with Crippen LogP contribution in [0.2, 0.25) is 10.0 Å². The standard InChI is InChI=1S/C24H26Cl2N2O4/c25-19-6-5-18(21(26)15-19)16-32-22-4-2-1-3-20(22)24(30)27-9-7-17(8-10-27)23(29)28-11-13-31-14-12-28/h1-6,15,17H,7-14,16H2. The highest BCUT2D eigenvalue weighted by Gasteiger charge is 2.31. The number of carbonyl (C=O) groups is 2. The number of carbonyl (C=O) groups excluding carboxylic acids is 2. The third-order valence-electron chi connectivity index (χ3n) is 5.97. The topological polar surface area (TPSA) is 59.1 Å². The molecule has 170 valence electrons. The molecule has 0 unspecified atom stereocenters. The molecule has 0 radical (unpaired) electrons. The number of morpholine rings is 1. The Morgan fingerprint density at radius 1 is 0.969 bits per heavy atom. The molecule has 0 bridgehead atoms. The van der Waals surface area contributed by atoms with Crippen LogP contribution in [0, 0.1) is 5.92 Å². The number of hydrogen-bond acceptors (Lipinski definition) is 4. The Hall–Kier alpha value is -2.28. The minimum atomic E-state index is -0.0833. The second-order valence-electron chi connectivity index (χ2n) is 8.02. The highest BCUT2D eigenvalue weighted by Crippen LogP contribution is 2.27. The lowest BCUT2D eigenvalue weighted by Crippen LogP contribution is -2.47. The van der Waals surface area contributed by atoms with Crippen molar-refractivity contribution in [2.45, 2.75) is 19.4 Å². The van der Waals surface area contributed by atoms with Gasteiger partial charge in [0.15, 0.2) is 0 Å². The van der Waals surface area contributed by atoms with Crippen molar-refractivity contribution in [3.8, 4) is 5.75 Å². The van der Waals surface area contributed by atoms with Crippen LogP contribution in [-0.2, 0) is 16.1 Å². The molecule has 2 heterocycles. The van der Waals surface area contributed by atoms with Crippen LogP contribution in [0.1, 0.15) is 28.8 Å². The van der Waals surface area contributed by atoms with E-state index in [0.29, 0.717) is 73.6 Å². The maximum atomic E-state index is 13.2. The molecule has 2 aliphatic heterocycles. The van der Waals surface area contributed by atoms with Crippen LogP contribution >= 0.6 is 23.2 Å². The van der Waals surface area contributed by atoms with E-state index in [4.69, 9.17) is 32.7 Å². The molecule has 0 aromatic heterocycles. The monoisotopic (exact) mass is 476 g/mol. The van der Waals surface area contributed by atoms with Crippen LogP contribution < -0.4 is 4.74 Å². The number of ether oxygens (including phenoxy) is 2. The molecule has 0 spiro atoms. The fourth-order valence-corrected chi connectivity index (χ4v) is 4.57. The molecule has 0 aliphatic carbocycles. The van der Waals surface area contributed by atoms with Gasteiger partial charge < -0.3 is 19.3 Å². The van der Waals surface area contributed by atoms with Gasteiger partial charge in [-0.15, -0.1) is 0 Å². The first-order chi connectivity index (χ1) is 15.5. The first-order valence-electron chi connectivity index (χ1n) is 10.8. The van der Waals surface area contributed by atoms with E-state index < -0.39 is 0 Å². The van der Waals surface area contributed by atoms with Gasteiger partial charge in [0.25, 0.3) is 5.91 Å². The molecule has 2 aromatic carbocycles. The maximum Gasteiger partial charge on any atom is 0.257 e. The van der Waals surface area contributed by atoms with Gasteiger partial charge in [-0.3, -0.25) is 9.59 Å². The summed E-state index contributed by atoms with van der Waals surface area (Å²) in [5.74, 6) is 0.578. The summed E-state index contributed by atoms with van der Waals surface area (Å²) in [5, 5.41) is 1.08. The summed E-state index contributed by atoms with van der Waals surface area (Å²) in [6.07, 6.45) is 1.34. The van der Waals surface area contributed by atoms with Gasteiger partial charge in [-0.1, -0.05) is 41.4 Å². The van der Waals surface area contributed by atoms with Gasteiger partial charge in [0.1, 0.15) is 12.4 Å². The molecular weight excluding hydrogens is 451 g/mol. The zero-order valence-electron chi connectivity index (χ0n) is 17.8. The molecule has 2 saturated heterocycles. The Morgan fingerprint density at radius 3 is 2.41 bits per heavy atom. The molecular formula is C24H26Cl2N2O4. The molecule has 2 aromatic rings. The van der Waals surface area contributed by atoms with Crippen molar-refractivity contribution >= 4 is 35.0 Å². The van der Waals surface area contributed by atoms with E-state index >= 15 is 0 Å². The Labute approximate surface area is 198 Å². The normalized spacial score (nSPS) is 17.3. The minimum Gasteiger partial charge on any atom is -0.488 e. The Balaban J connectivity index is 1.37. The van der Waals surface area contributed by atoms with Crippen molar-refractivity contribution in [3.63, 3.8) is 0 Å². The number of hydrogen-bond donors (Lipinski definition) is 0. The molecule has 8 heteroatoms. The van der Waals surface area contributed by atoms with Crippen molar-refractivity contribution in [1.29, 1.82) is 0 Å². The van der Waals surface area contributed by atoms with Crippen LogP contribution in [0.15, 0.2) is 42.5 Å². The third-order valence-corrected chi connectivity index (χ3v) is 6.56. The number of piperidine rings is 1. The number of rotatable bonds is 5. The molecule has 2 aliphatic rings. The van der Waals surface area contributed by atoms with Gasteiger partial charge in [0.05, 0.1) is 18.8 Å². The van der Waals surface area contributed by atoms with Gasteiger partial charge in [0.2, 0.25) is 5.91 Å². The molecule has 6 nitrogen and oxygen atoms in total. The van der Waals surface area contributed by atoms with Gasteiger partial charge in [0, 0.05) is 47.7 Å². The van der Waals surface area contributed by atoms with Crippen LogP contribution in [-0.4, -0.2) is 61.0 Å². The first kappa shape index (κ1) is 22.9. The largest absolute Gasteiger partial charge is 0.488 e. The minimum absolute atomic E-state index is 0.0318. The highest BCUT2D eigenvalue weighted by atomic mass is 35.5. The summed E-state index contributed by atoms with van der Waals surface area (Å²) in [6, 6.07) is 12.4. The van der Waals surface area contributed by atoms with E-state index in [2.05, 4.69) is 0 Å². The predicted molar refractivity (Wildman–Crippen MR) is 123 cm³/mol. The van der Waals surface area contributed by atoms with E-state index in [1.807, 2.05) is 23.1 Å². The average molecular weight is 477 g/mol. The predicted octanol–water partition coefficient (Wildman–Crippen LogP) is 4.28. The van der Waals surface area contributed by atoms with Crippen molar-refractivity contribution in [3.05, 3.63) is 63.6 Å². The van der Waals surface area contributed by atoms with E-state index in [0.717, 1.165) is 5.56 Å². The lowest BCUT2D eigenvalue weighted by atomic mass is 9.94. The quantitative estimate of drug-likeness (QED) is 0.645. The van der Waals surface area contributed by atoms with Gasteiger partial charge in [-0.25, -0.2) is 0 Å². The average Bonchev–Trinajstić information content (AvgIpc) is 2.83. The zero-order chi connectivity index (χ0) is 22.5. The van der Waals surface area contributed by atoms with Crippen molar-refractivity contribution < 1.29 is 19.1 Å². The van der Waals surface area contributed by atoms with E-state index in [9.17, 15) is 9.59 Å². The fraction of sp³-hybridized carbons (Fsp3) is 0.417. The summed E-state index contributed by atoms with van der Waals surface area (Å²) in [7, 11) is 0. The number of nitrogens with zero attached hydrogens (tertiary/aromatic N) is 2. The van der Waals surface area contributed by atoms with E-state index in [1.54, 1.807) is 29.2 Å². The summed E-state index contributed by atoms with van der Waals surface area (Å²) in [6.45, 7) is 3.84. The Bertz CT molecular complexity index is 970. The lowest BCUT2D eigenvalue weighted by molar-refractivity contribution is -0.141. The number of amides is 2. The van der Waals surface area contributed by atoms with Crippen molar-refractivity contribution in [2.24, 2.45) is 5.92 Å². The summed E-state index contributed by atoms with van der Waals surface area (Å²) in [4.78, 5) is 29.7. The lowest BCUT2D eigenvalue weighted by Gasteiger charge is -2.35. The molecule has 32 heavy (non-hydrogen) atoms. The third kappa shape index (κ3) is 5.37. The first-order valence-corrected chi connectivity index (χ1v) is 11.6. The Morgan fingerprint density at radius 2 is 1.69 bits per heavy atom.